The van der Waals surface area contributed by atoms with Crippen LogP contribution in [0.1, 0.15) is 67.3 Å². The van der Waals surface area contributed by atoms with E-state index in [4.69, 9.17) is 10.3 Å². The van der Waals surface area contributed by atoms with E-state index >= 15 is 0 Å². The van der Waals surface area contributed by atoms with Crippen LogP contribution in [0, 0.1) is 5.82 Å². The summed E-state index contributed by atoms with van der Waals surface area (Å²) in [4.78, 5) is 29.0. The summed E-state index contributed by atoms with van der Waals surface area (Å²) < 4.78 is 21.2. The molecule has 0 saturated carbocycles. The van der Waals surface area contributed by atoms with Crippen molar-refractivity contribution in [3.63, 3.8) is 0 Å². The molecule has 1 heterocycles. The lowest BCUT2D eigenvalue weighted by atomic mass is 9.92. The Balaban J connectivity index is 1.72. The summed E-state index contributed by atoms with van der Waals surface area (Å²) >= 11 is 0. The third kappa shape index (κ3) is 9.54. The number of halogens is 1. The predicted octanol–water partition coefficient (Wildman–Crippen LogP) is 7.11. The number of esters is 1. The molecule has 2 unspecified atom stereocenters. The first kappa shape index (κ1) is 35.9. The monoisotopic (exact) mass is 655 g/mol. The molecule has 48 heavy (non-hydrogen) atoms. The van der Waals surface area contributed by atoms with Gasteiger partial charge in [0.15, 0.2) is 0 Å². The van der Waals surface area contributed by atoms with Gasteiger partial charge in [-0.2, -0.15) is 0 Å². The fourth-order valence-electron chi connectivity index (χ4n) is 5.87. The maximum absolute atomic E-state index is 14.2. The molecule has 0 aliphatic heterocycles. The number of aromatic nitrogens is 1. The minimum absolute atomic E-state index is 0.0243. The van der Waals surface area contributed by atoms with Gasteiger partial charge in [0.05, 0.1) is 31.3 Å². The van der Waals surface area contributed by atoms with Crippen molar-refractivity contribution >= 4 is 11.9 Å². The number of hydrogen-bond donors (Lipinski definition) is 3. The fourth-order valence-corrected chi connectivity index (χ4v) is 5.87. The van der Waals surface area contributed by atoms with Crippen molar-refractivity contribution in [1.29, 1.82) is 0 Å². The Bertz CT molecular complexity index is 1730. The number of rotatable bonds is 16. The summed E-state index contributed by atoms with van der Waals surface area (Å²) in [6.07, 6.45) is -2.00. The van der Waals surface area contributed by atoms with Crippen LogP contribution in [0.4, 0.5) is 4.39 Å². The number of carbonyl (C=O) groups is 2. The number of aliphatic hydroxyl groups excluding tert-OH is 2. The normalized spacial score (nSPS) is 12.3. The van der Waals surface area contributed by atoms with Crippen LogP contribution in [0.3, 0.4) is 0 Å². The van der Waals surface area contributed by atoms with Gasteiger partial charge in [0.2, 0.25) is 0 Å². The Morgan fingerprint density at radius 3 is 2.31 bits per heavy atom. The summed E-state index contributed by atoms with van der Waals surface area (Å²) in [5, 5.41) is 28.1. The Morgan fingerprint density at radius 2 is 1.65 bits per heavy atom. The van der Waals surface area contributed by atoms with Crippen LogP contribution < -0.4 is 5.32 Å². The number of benzene rings is 3. The first-order valence-electron chi connectivity index (χ1n) is 16.1. The van der Waals surface area contributed by atoms with Crippen molar-refractivity contribution in [2.24, 2.45) is 5.11 Å². The summed E-state index contributed by atoms with van der Waals surface area (Å²) in [5.41, 5.74) is 14.5. The zero-order valence-electron chi connectivity index (χ0n) is 27.5. The van der Waals surface area contributed by atoms with E-state index in [1.165, 1.54) is 12.1 Å². The van der Waals surface area contributed by atoms with E-state index < -0.39 is 24.0 Å². The van der Waals surface area contributed by atoms with Crippen LogP contribution in [-0.2, 0) is 35.6 Å². The largest absolute Gasteiger partial charge is 0.463 e. The Labute approximate surface area is 279 Å². The van der Waals surface area contributed by atoms with E-state index in [2.05, 4.69) is 15.3 Å². The molecule has 0 bridgehead atoms. The van der Waals surface area contributed by atoms with Crippen LogP contribution in [0.5, 0.6) is 0 Å². The summed E-state index contributed by atoms with van der Waals surface area (Å²) in [7, 11) is 0. The highest BCUT2D eigenvalue weighted by Gasteiger charge is 2.29. The third-order valence-electron chi connectivity index (χ3n) is 7.89. The standard InChI is InChI=1S/C37H42FN5O5/c1-4-43-32(18-17-30(44)20-31(45)21-33(46)48-24(2)3)34(28-13-15-29(38)16-14-28)35(27-11-6-5-7-12-27)36(43)37(47)40-22-25-9-8-10-26(19-25)23-41-42-39/h5-16,19,24,30-31,44-45H,4,17-18,20-23H2,1-3H3,(H,40,47). The number of nitrogens with one attached hydrogen (secondary N) is 1. The number of hydrogen-bond acceptors (Lipinski definition) is 6. The highest BCUT2D eigenvalue weighted by atomic mass is 19.1. The lowest BCUT2D eigenvalue weighted by Crippen LogP contribution is -2.27. The molecule has 3 N–H and O–H groups in total. The van der Waals surface area contributed by atoms with E-state index in [1.807, 2.05) is 66.1 Å². The molecule has 0 aliphatic carbocycles. The summed E-state index contributed by atoms with van der Waals surface area (Å²) in [6, 6.07) is 23.1. The maximum atomic E-state index is 14.2. The molecule has 4 aromatic rings. The second-order valence-corrected chi connectivity index (χ2v) is 11.9. The second kappa shape index (κ2) is 17.3. The highest BCUT2D eigenvalue weighted by molar-refractivity contribution is 6.05. The third-order valence-corrected chi connectivity index (χ3v) is 7.89. The number of amides is 1. The Hall–Kier alpha value is -4.96. The van der Waals surface area contributed by atoms with Gasteiger partial charge in [-0.1, -0.05) is 71.8 Å². The van der Waals surface area contributed by atoms with Crippen LogP contribution in [0.15, 0.2) is 84.0 Å². The average Bonchev–Trinajstić information content (AvgIpc) is 3.40. The molecular weight excluding hydrogens is 613 g/mol. The molecule has 11 heteroatoms. The first-order valence-corrected chi connectivity index (χ1v) is 16.1. The summed E-state index contributed by atoms with van der Waals surface area (Å²) in [5.74, 6) is -1.24. The topological polar surface area (TPSA) is 150 Å². The van der Waals surface area contributed by atoms with Gasteiger partial charge < -0.3 is 24.8 Å². The zero-order valence-corrected chi connectivity index (χ0v) is 27.5. The molecule has 1 aromatic heterocycles. The summed E-state index contributed by atoms with van der Waals surface area (Å²) in [6.45, 7) is 6.24. The minimum atomic E-state index is -1.08. The molecule has 252 valence electrons. The van der Waals surface area contributed by atoms with Crippen molar-refractivity contribution < 1.29 is 28.9 Å². The van der Waals surface area contributed by atoms with Gasteiger partial charge in [0.1, 0.15) is 11.5 Å². The average molecular weight is 656 g/mol. The molecule has 1 amide bonds. The van der Waals surface area contributed by atoms with Crippen LogP contribution >= 0.6 is 0 Å². The van der Waals surface area contributed by atoms with Crippen LogP contribution in [0.25, 0.3) is 32.7 Å². The van der Waals surface area contributed by atoms with E-state index in [0.717, 1.165) is 27.9 Å². The highest BCUT2D eigenvalue weighted by Crippen LogP contribution is 2.41. The molecule has 0 aliphatic rings. The Kier molecular flexibility index (Phi) is 12.9. The lowest BCUT2D eigenvalue weighted by molar-refractivity contribution is -0.149. The van der Waals surface area contributed by atoms with E-state index in [0.29, 0.717) is 29.8 Å². The SMILES string of the molecule is CCn1c(CCC(O)CC(O)CC(=O)OC(C)C)c(-c2ccc(F)cc2)c(-c2ccccc2)c1C(=O)NCc1cccc(CN=[N+]=[N-])c1. The van der Waals surface area contributed by atoms with Crippen molar-refractivity contribution in [2.45, 2.75) is 84.4 Å². The van der Waals surface area contributed by atoms with Crippen LogP contribution in [0.2, 0.25) is 0 Å². The smallest absolute Gasteiger partial charge is 0.308 e. The van der Waals surface area contributed by atoms with Crippen molar-refractivity contribution in [1.82, 2.24) is 9.88 Å². The van der Waals surface area contributed by atoms with Gasteiger partial charge in [-0.3, -0.25) is 9.59 Å². The van der Waals surface area contributed by atoms with Gasteiger partial charge in [-0.15, -0.1) is 0 Å². The van der Waals surface area contributed by atoms with E-state index in [9.17, 15) is 24.2 Å². The van der Waals surface area contributed by atoms with Crippen molar-refractivity contribution in [3.05, 3.63) is 118 Å². The molecular formula is C37H42FN5O5. The Morgan fingerprint density at radius 1 is 0.958 bits per heavy atom. The zero-order chi connectivity index (χ0) is 34.6. The molecule has 0 radical (unpaired) electrons. The quantitative estimate of drug-likeness (QED) is 0.0509. The molecule has 2 atom stereocenters. The van der Waals surface area contributed by atoms with E-state index in [1.54, 1.807) is 26.0 Å². The number of nitrogens with zero attached hydrogens (tertiary/aromatic N) is 4. The number of carbonyl (C=O) groups excluding carboxylic acids is 2. The van der Waals surface area contributed by atoms with Crippen molar-refractivity contribution in [3.8, 4) is 22.3 Å². The predicted molar refractivity (Wildman–Crippen MR) is 182 cm³/mol. The molecule has 0 spiro atoms. The molecule has 4 rings (SSSR count). The van der Waals surface area contributed by atoms with Gasteiger partial charge in [-0.25, -0.2) is 4.39 Å². The lowest BCUT2D eigenvalue weighted by Gasteiger charge is -2.18. The van der Waals surface area contributed by atoms with E-state index in [-0.39, 0.29) is 44.4 Å². The molecule has 0 saturated heterocycles. The minimum Gasteiger partial charge on any atom is -0.463 e. The van der Waals surface area contributed by atoms with Crippen LogP contribution in [-0.4, -0.2) is 45.0 Å². The second-order valence-electron chi connectivity index (χ2n) is 11.9. The first-order chi connectivity index (χ1) is 23.1. The number of aliphatic hydroxyl groups is 2. The van der Waals surface area contributed by atoms with Gasteiger partial charge in [0, 0.05) is 34.8 Å². The molecule has 3 aromatic carbocycles. The molecule has 10 nitrogen and oxygen atoms in total. The van der Waals surface area contributed by atoms with Gasteiger partial charge >= 0.3 is 5.97 Å². The van der Waals surface area contributed by atoms with Crippen molar-refractivity contribution in [2.75, 3.05) is 0 Å². The number of ether oxygens (including phenoxy) is 1. The molecule has 0 fully saturated rings. The van der Waals surface area contributed by atoms with Gasteiger partial charge in [0.25, 0.3) is 5.91 Å². The maximum Gasteiger partial charge on any atom is 0.308 e. The number of azide groups is 1. The fraction of sp³-hybridized carbons (Fsp3) is 0.351. The van der Waals surface area contributed by atoms with Gasteiger partial charge in [-0.05, 0) is 80.0 Å².